The lowest BCUT2D eigenvalue weighted by Gasteiger charge is -2.24. The van der Waals surface area contributed by atoms with E-state index in [0.29, 0.717) is 76.4 Å². The summed E-state index contributed by atoms with van der Waals surface area (Å²) in [4.78, 5) is 267. The van der Waals surface area contributed by atoms with Crippen LogP contribution in [0.5, 0.6) is 0 Å². The van der Waals surface area contributed by atoms with Gasteiger partial charge in [-0.15, -0.1) is 47.0 Å². The van der Waals surface area contributed by atoms with Crippen molar-refractivity contribution in [2.45, 2.75) is 215 Å². The summed E-state index contributed by atoms with van der Waals surface area (Å²) in [6.45, 7) is 26.1. The maximum atomic E-state index is 13.1. The third kappa shape index (κ3) is 44.9. The minimum atomic E-state index is -1.07. The van der Waals surface area contributed by atoms with Crippen molar-refractivity contribution in [1.29, 1.82) is 0 Å². The molecular weight excluding hydrogens is 2010 g/mol. The number of amides is 12. The molecule has 0 aliphatic carbocycles. The van der Waals surface area contributed by atoms with Crippen molar-refractivity contribution in [3.63, 3.8) is 0 Å². The smallest absolute Gasteiger partial charge is 0.329 e. The van der Waals surface area contributed by atoms with Crippen molar-refractivity contribution >= 4 is 209 Å². The second-order valence-corrected chi connectivity index (χ2v) is 39.7. The summed E-state index contributed by atoms with van der Waals surface area (Å²) in [7, 11) is 0. The molecule has 0 fully saturated rings. The summed E-state index contributed by atoms with van der Waals surface area (Å²) in [5.41, 5.74) is 1.29. The van der Waals surface area contributed by atoms with Gasteiger partial charge in [0.15, 0.2) is 20.5 Å². The van der Waals surface area contributed by atoms with Gasteiger partial charge >= 0.3 is 23.9 Å². The van der Waals surface area contributed by atoms with E-state index in [1.807, 2.05) is 18.8 Å². The van der Waals surface area contributed by atoms with E-state index in [9.17, 15) is 95.9 Å². The average Bonchev–Trinajstić information content (AvgIpc) is 0.849. The molecule has 0 saturated heterocycles. The highest BCUT2D eigenvalue weighted by molar-refractivity contribution is 8.14. The van der Waals surface area contributed by atoms with Gasteiger partial charge in [0, 0.05) is 70.3 Å². The number of carbonyl (C=O) groups is 20. The quantitative estimate of drug-likeness (QED) is 0.00942. The summed E-state index contributed by atoms with van der Waals surface area (Å²) in [5.74, 6) is -8.18. The number of hydrogen-bond donors (Lipinski definition) is 12. The number of aromatic nitrogens is 4. The van der Waals surface area contributed by atoms with E-state index < -0.39 is 137 Å². The van der Waals surface area contributed by atoms with Crippen LogP contribution in [0.25, 0.3) is 0 Å². The summed E-state index contributed by atoms with van der Waals surface area (Å²) >= 11 is 10.2. The van der Waals surface area contributed by atoms with Crippen LogP contribution in [0.2, 0.25) is 0 Å². The van der Waals surface area contributed by atoms with Gasteiger partial charge in [-0.1, -0.05) is 111 Å². The molecule has 40 nitrogen and oxygen atoms in total. The van der Waals surface area contributed by atoms with Crippen LogP contribution in [0.4, 0.5) is 0 Å². The van der Waals surface area contributed by atoms with Crippen molar-refractivity contribution in [1.82, 2.24) is 83.7 Å². The van der Waals surface area contributed by atoms with Crippen molar-refractivity contribution in [3.05, 3.63) is 191 Å². The molecule has 8 atom stereocenters. The van der Waals surface area contributed by atoms with E-state index in [1.165, 1.54) is 155 Å². The third-order valence-electron chi connectivity index (χ3n) is 19.4. The number of esters is 4. The largest absolute Gasteiger partial charge is 0.456 e. The number of fused-ring (bicyclic) bond motifs is 8. The molecule has 12 N–H and O–H groups in total. The predicted octanol–water partition coefficient (Wildman–Crippen LogP) is 7.86. The number of nitrogens with one attached hydrogen (secondary N) is 12. The summed E-state index contributed by atoms with van der Waals surface area (Å²) in [6.07, 6.45) is 20.0. The molecule has 4 aliphatic rings. The first-order valence-electron chi connectivity index (χ1n) is 44.3. The van der Waals surface area contributed by atoms with Crippen molar-refractivity contribution in [3.8, 4) is 0 Å². The Hall–Kier alpha value is -12.5. The van der Waals surface area contributed by atoms with E-state index in [0.717, 1.165) is 14.7 Å². The molecule has 0 unspecified atom stereocenters. The monoisotopic (exact) mass is 2120 g/mol. The highest BCUT2D eigenvalue weighted by Crippen LogP contribution is 2.26. The molecular formula is C95H118N16O24S8. The van der Waals surface area contributed by atoms with Gasteiger partial charge in [-0.3, -0.25) is 76.7 Å². The number of ether oxygens (including phenoxy) is 4. The molecule has 143 heavy (non-hydrogen) atoms. The Morgan fingerprint density at radius 1 is 0.385 bits per heavy atom. The molecule has 8 rings (SSSR count). The van der Waals surface area contributed by atoms with Crippen molar-refractivity contribution < 1.29 is 115 Å². The zero-order chi connectivity index (χ0) is 106. The fraction of sp³-hybridized carbons (Fsp3) is 0.411. The van der Waals surface area contributed by atoms with Crippen LogP contribution in [0, 0.1) is 5.92 Å². The maximum absolute atomic E-state index is 13.1. The molecule has 0 spiro atoms. The van der Waals surface area contributed by atoms with Gasteiger partial charge in [0.1, 0.15) is 77.1 Å². The predicted molar refractivity (Wildman–Crippen MR) is 548 cm³/mol. The lowest BCUT2D eigenvalue weighted by Crippen LogP contribution is -2.48. The Kier molecular flexibility index (Phi) is 53.7. The van der Waals surface area contributed by atoms with Crippen LogP contribution in [0.3, 0.4) is 0 Å². The van der Waals surface area contributed by atoms with Crippen LogP contribution >= 0.6 is 94.1 Å². The molecule has 0 aromatic carbocycles. The number of cyclic esters (lactones) is 4. The summed E-state index contributed by atoms with van der Waals surface area (Å²) in [6, 6.07) is 8.92. The van der Waals surface area contributed by atoms with Crippen LogP contribution in [0.1, 0.15) is 185 Å². The second-order valence-electron chi connectivity index (χ2n) is 31.2. The molecule has 4 aromatic rings. The third-order valence-corrected chi connectivity index (χ3v) is 25.9. The zero-order valence-corrected chi connectivity index (χ0v) is 87.8. The highest BCUT2D eigenvalue weighted by Gasteiger charge is 2.34. The first kappa shape index (κ1) is 121. The highest BCUT2D eigenvalue weighted by atomic mass is 32.2. The molecule has 0 saturated carbocycles. The van der Waals surface area contributed by atoms with Gasteiger partial charge in [0.25, 0.3) is 47.3 Å². The Bertz CT molecular complexity index is 5570. The van der Waals surface area contributed by atoms with E-state index in [-0.39, 0.29) is 130 Å². The summed E-state index contributed by atoms with van der Waals surface area (Å²) in [5, 5.41) is 30.5. The lowest BCUT2D eigenvalue weighted by molar-refractivity contribution is -0.153. The van der Waals surface area contributed by atoms with Gasteiger partial charge in [-0.2, -0.15) is 0 Å². The first-order chi connectivity index (χ1) is 67.8. The van der Waals surface area contributed by atoms with Crippen LogP contribution in [-0.2, 0) is 122 Å². The number of rotatable bonds is 21. The topological polar surface area (TPSA) is 574 Å². The number of hydrogen-bond acceptors (Lipinski definition) is 36. The molecule has 0 radical (unpaired) electrons. The fourth-order valence-electron chi connectivity index (χ4n) is 12.0. The van der Waals surface area contributed by atoms with Gasteiger partial charge in [0.2, 0.25) is 23.6 Å². The SMILES string of the molecule is C/C=C1\NC(=O)c2ccc(SC)c(n2)CNC(=O)C[C@@H](/C=C/CCSC(C)=O)OC(=O)[C@H](C(C)C)NC1=O.C=C1NC(=O)c2cc(SC)cc(n2)CNC(=O)C[C@@H](/C=C/CCSC(C)=O)OC(=O)[C@H](C)NC1=O.C=C1NC(=O)c2ccc(SC)c(n2)CNC(=O)C[C@@H](/C=C/CCSC(C)=O)OC(=O)[C@H](C)NC1=O.C=C1NC(=O)c2nc(ccc2SC)CNC(=O)C[C@@H](/C=C/CCSC(C)=O)OC(=O)[C@H](C)NC1=O. The normalized spacial score (nSPS) is 20.3. The number of thioether (sulfide) groups is 8. The fourth-order valence-corrected chi connectivity index (χ4v) is 16.3. The number of allylic oxidation sites excluding steroid dienone is 5. The number of carbonyl (C=O) groups excluding carboxylic acids is 20. The molecule has 8 heterocycles. The van der Waals surface area contributed by atoms with E-state index in [2.05, 4.69) is 103 Å². The Morgan fingerprint density at radius 2 is 0.720 bits per heavy atom. The molecule has 770 valence electrons. The van der Waals surface area contributed by atoms with Gasteiger partial charge in [-0.05, 0) is 157 Å². The Labute approximate surface area is 862 Å². The van der Waals surface area contributed by atoms with Crippen LogP contribution in [0.15, 0.2) is 165 Å². The van der Waals surface area contributed by atoms with E-state index >= 15 is 0 Å². The second kappa shape index (κ2) is 63.5. The number of pyridine rings is 4. The van der Waals surface area contributed by atoms with E-state index in [4.69, 9.17) is 18.9 Å². The van der Waals surface area contributed by atoms with Crippen LogP contribution < -0.4 is 63.8 Å². The molecule has 8 bridgehead atoms. The Morgan fingerprint density at radius 3 is 1.07 bits per heavy atom. The molecule has 12 amide bonds. The molecule has 48 heteroatoms. The molecule has 4 aromatic heterocycles. The average molecular weight is 2120 g/mol. The maximum Gasteiger partial charge on any atom is 0.329 e. The van der Waals surface area contributed by atoms with E-state index in [1.54, 1.807) is 118 Å². The standard InChI is InChI=1S/C26H34N4O6S2.3C23H28N4O6S2/c1-6-18-24(33)30-23(15(2)3)26(35)36-17(9-7-8-12-38-16(4)31)13-22(32)27-14-20-21(37-5)11-10-19(28-20)25(34)29-18;1-13-21(30)26-14(2)23(32)33-17(7-5-6-10-35-15(3)28)11-19(29)24-12-16-8-9-18(34-4)20(27-16)22(31)25-13;1-13-21(30)26-14(2)23(32)33-16(7-5-6-10-35-15(3)28)11-20(29)24-12-18-19(34-4)9-8-17(27-18)22(31)25-13;1-13-21(30)26-14(2)23(32)33-17(7-5-6-8-35-15(3)28)10-20(29)24-12-16-9-18(34-4)11-19(27-16)22(31)25-13/h6-7,9-11,15,17,23H,8,12-14H2,1-5H3,(H,27,32)(H,29,34)(H,30,33);5,7-9,14,17H,1,6,10-12H2,2-4H3,(H,24,29)(H,25,31)(H,26,30);5,7-9,14,16H,1,6,10-12H2,2-4H3,(H,24,29)(H,25,31)(H,26,30);5,7,9,11,14,17H,1,6,8,10,12H2,2-4H3,(H,24,29)(H,25,31)(H,26,30)/b9-7+,18-6-;3*7-5+/t17-,23+;14-,17+;14-,16+;14-,17+/m1000/s1. The minimum absolute atomic E-state index is 0.00131. The first-order valence-corrected chi connectivity index (χ1v) is 53.2. The van der Waals surface area contributed by atoms with Gasteiger partial charge in [0.05, 0.1) is 91.7 Å². The number of nitrogens with zero attached hydrogens (tertiary/aromatic N) is 4. The zero-order valence-electron chi connectivity index (χ0n) is 81.3. The van der Waals surface area contributed by atoms with Gasteiger partial charge < -0.3 is 82.7 Å². The van der Waals surface area contributed by atoms with Crippen molar-refractivity contribution in [2.75, 3.05) is 48.0 Å². The summed E-state index contributed by atoms with van der Waals surface area (Å²) < 4.78 is 22.0. The minimum Gasteiger partial charge on any atom is -0.456 e. The Balaban J connectivity index is 0.000000336. The van der Waals surface area contributed by atoms with Crippen molar-refractivity contribution in [2.24, 2.45) is 5.92 Å². The van der Waals surface area contributed by atoms with Gasteiger partial charge in [-0.25, -0.2) is 39.1 Å². The molecule has 4 aliphatic heterocycles. The lowest BCUT2D eigenvalue weighted by atomic mass is 10.0. The van der Waals surface area contributed by atoms with Crippen LogP contribution in [-0.4, -0.2) is 232 Å².